The highest BCUT2D eigenvalue weighted by molar-refractivity contribution is 7.21. The van der Waals surface area contributed by atoms with Gasteiger partial charge in [0, 0.05) is 53.5 Å². The normalized spacial score (nSPS) is 15.7. The fourth-order valence-electron chi connectivity index (χ4n) is 2.93. The van der Waals surface area contributed by atoms with Crippen molar-refractivity contribution >= 4 is 45.6 Å². The number of hydrogen-bond acceptors (Lipinski definition) is 7. The molecule has 0 spiro atoms. The number of pyridine rings is 1. The van der Waals surface area contributed by atoms with Gasteiger partial charge in [-0.2, -0.15) is 0 Å². The molecule has 2 aromatic heterocycles. The first-order valence-electron chi connectivity index (χ1n) is 8.68. The van der Waals surface area contributed by atoms with E-state index in [0.29, 0.717) is 10.6 Å². The van der Waals surface area contributed by atoms with Gasteiger partial charge in [-0.05, 0) is 6.07 Å². The Morgan fingerprint density at radius 2 is 2.12 bits per heavy atom. The molecule has 8 heteroatoms. The Hall–Kier alpha value is -2.03. The van der Waals surface area contributed by atoms with E-state index in [4.69, 9.17) is 4.74 Å². The molecule has 0 N–H and O–H groups in total. The van der Waals surface area contributed by atoms with Crippen LogP contribution < -0.4 is 4.90 Å². The summed E-state index contributed by atoms with van der Waals surface area (Å²) in [5, 5.41) is 0.933. The van der Waals surface area contributed by atoms with E-state index < -0.39 is 0 Å². The number of aldehydes is 1. The third-order valence-electron chi connectivity index (χ3n) is 4.42. The van der Waals surface area contributed by atoms with Crippen LogP contribution in [0.3, 0.4) is 0 Å². The van der Waals surface area contributed by atoms with Gasteiger partial charge in [-0.3, -0.25) is 9.69 Å². The Morgan fingerprint density at radius 3 is 2.81 bits per heavy atom. The van der Waals surface area contributed by atoms with Crippen molar-refractivity contribution in [3.05, 3.63) is 17.1 Å². The molecule has 0 radical (unpaired) electrons. The van der Waals surface area contributed by atoms with Gasteiger partial charge in [0.15, 0.2) is 6.29 Å². The van der Waals surface area contributed by atoms with Crippen LogP contribution in [0, 0.1) is 0 Å². The van der Waals surface area contributed by atoms with Crippen molar-refractivity contribution in [1.82, 2.24) is 14.8 Å². The minimum atomic E-state index is 0.611. The number of likely N-dealkylation sites (N-methyl/N-ethyl adjacent to an activating group) is 1. The van der Waals surface area contributed by atoms with E-state index in [1.807, 2.05) is 32.1 Å². The number of fused-ring (bicyclic) bond motifs is 1. The fourth-order valence-corrected chi connectivity index (χ4v) is 3.85. The number of nitrogens with zero attached hydrogens (tertiary/aromatic N) is 5. The summed E-state index contributed by atoms with van der Waals surface area (Å²) in [5.41, 5.74) is 1.72. The molecule has 0 aliphatic carbocycles. The number of rotatable bonds is 7. The number of aromatic nitrogens is 1. The average Bonchev–Trinajstić information content (AvgIpc) is 3.03. The molecule has 0 bridgehead atoms. The molecule has 0 amide bonds. The number of morpholine rings is 1. The maximum Gasteiger partial charge on any atom is 0.162 e. The van der Waals surface area contributed by atoms with Gasteiger partial charge in [0.05, 0.1) is 41.2 Å². The maximum atomic E-state index is 11.5. The zero-order valence-electron chi connectivity index (χ0n) is 15.5. The number of anilines is 1. The second-order valence-electron chi connectivity index (χ2n) is 6.52. The summed E-state index contributed by atoms with van der Waals surface area (Å²) in [5.74, 6) is 0. The Bertz CT molecular complexity index is 783. The molecule has 0 saturated carbocycles. The highest BCUT2D eigenvalue weighted by Crippen LogP contribution is 2.40. The van der Waals surface area contributed by atoms with Crippen LogP contribution in [-0.4, -0.2) is 87.9 Å². The molecule has 3 heterocycles. The molecular weight excluding hydrogens is 350 g/mol. The van der Waals surface area contributed by atoms with E-state index in [2.05, 4.69) is 19.8 Å². The topological polar surface area (TPSA) is 61.3 Å². The molecule has 1 aliphatic heterocycles. The summed E-state index contributed by atoms with van der Waals surface area (Å²) in [6, 6.07) is 1.95. The van der Waals surface area contributed by atoms with Crippen LogP contribution in [0.4, 0.5) is 11.4 Å². The summed E-state index contributed by atoms with van der Waals surface area (Å²) >= 11 is 1.38. The molecule has 1 saturated heterocycles. The van der Waals surface area contributed by atoms with Gasteiger partial charge < -0.3 is 14.5 Å². The first kappa shape index (κ1) is 18.8. The summed E-state index contributed by atoms with van der Waals surface area (Å²) in [7, 11) is 5.97. The zero-order chi connectivity index (χ0) is 18.5. The lowest BCUT2D eigenvalue weighted by molar-refractivity contribution is 0.0366. The number of carbonyl (C=O) groups is 1. The molecule has 0 atom stereocenters. The van der Waals surface area contributed by atoms with Crippen LogP contribution in [0.15, 0.2) is 17.3 Å². The molecule has 1 aliphatic rings. The first-order valence-corrected chi connectivity index (χ1v) is 9.50. The lowest BCUT2D eigenvalue weighted by Crippen LogP contribution is -2.40. The average molecular weight is 375 g/mol. The van der Waals surface area contributed by atoms with E-state index in [-0.39, 0.29) is 0 Å². The van der Waals surface area contributed by atoms with Crippen LogP contribution >= 0.6 is 11.3 Å². The molecule has 0 aromatic carbocycles. The highest BCUT2D eigenvalue weighted by Gasteiger charge is 2.16. The van der Waals surface area contributed by atoms with Crippen LogP contribution in [0.5, 0.6) is 0 Å². The third-order valence-corrected chi connectivity index (χ3v) is 5.43. The molecule has 140 valence electrons. The number of carbonyl (C=O) groups excluding carboxylic acids is 1. The lowest BCUT2D eigenvalue weighted by atomic mass is 10.2. The van der Waals surface area contributed by atoms with Gasteiger partial charge in [0.2, 0.25) is 0 Å². The van der Waals surface area contributed by atoms with E-state index in [1.54, 1.807) is 12.5 Å². The predicted molar refractivity (Wildman–Crippen MR) is 107 cm³/mol. The van der Waals surface area contributed by atoms with Gasteiger partial charge in [0.1, 0.15) is 4.83 Å². The van der Waals surface area contributed by atoms with Crippen molar-refractivity contribution in [2.45, 2.75) is 0 Å². The molecule has 26 heavy (non-hydrogen) atoms. The van der Waals surface area contributed by atoms with Crippen LogP contribution in [0.25, 0.3) is 10.2 Å². The summed E-state index contributed by atoms with van der Waals surface area (Å²) in [6.07, 6.45) is 4.44. The van der Waals surface area contributed by atoms with Crippen molar-refractivity contribution in [1.29, 1.82) is 0 Å². The van der Waals surface area contributed by atoms with E-state index in [0.717, 1.165) is 61.6 Å². The summed E-state index contributed by atoms with van der Waals surface area (Å²) < 4.78 is 5.38. The van der Waals surface area contributed by atoms with E-state index >= 15 is 0 Å². The molecule has 3 rings (SSSR count). The number of ether oxygens (including phenoxy) is 1. The van der Waals surface area contributed by atoms with Crippen molar-refractivity contribution in [3.8, 4) is 0 Å². The van der Waals surface area contributed by atoms with Crippen molar-refractivity contribution < 1.29 is 9.53 Å². The van der Waals surface area contributed by atoms with Crippen LogP contribution in [-0.2, 0) is 4.74 Å². The highest BCUT2D eigenvalue weighted by atomic mass is 32.1. The van der Waals surface area contributed by atoms with E-state index in [1.165, 1.54) is 11.3 Å². The quantitative estimate of drug-likeness (QED) is 0.420. The SMILES string of the molecule is CN(C=Nc1c(C=O)sc2nccc(N(C)C)c12)CCN1CCOCC1. The van der Waals surface area contributed by atoms with E-state index in [9.17, 15) is 4.79 Å². The largest absolute Gasteiger partial charge is 0.379 e. The van der Waals surface area contributed by atoms with Gasteiger partial charge in [0.25, 0.3) is 0 Å². The number of hydrogen-bond donors (Lipinski definition) is 0. The molecule has 7 nitrogen and oxygen atoms in total. The molecule has 2 aromatic rings. The van der Waals surface area contributed by atoms with Gasteiger partial charge in [-0.25, -0.2) is 9.98 Å². The van der Waals surface area contributed by atoms with Crippen LogP contribution in [0.2, 0.25) is 0 Å². The third kappa shape index (κ3) is 4.20. The van der Waals surface area contributed by atoms with Gasteiger partial charge in [-0.1, -0.05) is 0 Å². The molecule has 1 fully saturated rings. The molecule has 0 unspecified atom stereocenters. The van der Waals surface area contributed by atoms with Crippen LogP contribution in [0.1, 0.15) is 9.67 Å². The zero-order valence-corrected chi connectivity index (χ0v) is 16.3. The monoisotopic (exact) mass is 375 g/mol. The number of aliphatic imine (C=N–C) groups is 1. The Labute approximate surface area is 157 Å². The predicted octanol–water partition coefficient (Wildman–Crippen LogP) is 2.10. The standard InChI is InChI=1S/C18H25N5O2S/c1-21(2)14-4-5-19-18-16(14)17(15(12-24)26-18)20-13-22(3)6-7-23-8-10-25-11-9-23/h4-5,12-13H,6-11H2,1-3H3. The Morgan fingerprint density at radius 1 is 1.35 bits per heavy atom. The van der Waals surface area contributed by atoms with Crippen molar-refractivity contribution in [2.75, 3.05) is 65.4 Å². The smallest absolute Gasteiger partial charge is 0.162 e. The minimum absolute atomic E-state index is 0.611. The fraction of sp³-hybridized carbons (Fsp3) is 0.500. The second kappa shape index (κ2) is 8.57. The van der Waals surface area contributed by atoms with Crippen molar-refractivity contribution in [2.24, 2.45) is 4.99 Å². The molecular formula is C18H25N5O2S. The van der Waals surface area contributed by atoms with Gasteiger partial charge in [-0.15, -0.1) is 11.3 Å². The first-order chi connectivity index (χ1) is 12.6. The second-order valence-corrected chi connectivity index (χ2v) is 7.55. The van der Waals surface area contributed by atoms with Gasteiger partial charge >= 0.3 is 0 Å². The Balaban J connectivity index is 1.78. The summed E-state index contributed by atoms with van der Waals surface area (Å²) in [4.78, 5) is 28.5. The summed E-state index contributed by atoms with van der Waals surface area (Å²) in [6.45, 7) is 5.42. The lowest BCUT2D eigenvalue weighted by Gasteiger charge is -2.28. The van der Waals surface area contributed by atoms with Crippen molar-refractivity contribution in [3.63, 3.8) is 0 Å². The number of thiophene rings is 1. The minimum Gasteiger partial charge on any atom is -0.379 e. The maximum absolute atomic E-state index is 11.5. The Kier molecular flexibility index (Phi) is 6.18.